The number of aliphatic hydroxyl groups excluding tert-OH is 1. The average Bonchev–Trinajstić information content (AvgIpc) is 3.31. The van der Waals surface area contributed by atoms with Crippen LogP contribution in [0.4, 0.5) is 11.4 Å². The summed E-state index contributed by atoms with van der Waals surface area (Å²) in [6, 6.07) is 32.4. The molecule has 0 radical (unpaired) electrons. The zero-order valence-electron chi connectivity index (χ0n) is 36.1. The second kappa shape index (κ2) is 19.3. The molecule has 7 N–H and O–H groups in total. The maximum absolute atomic E-state index is 13.9. The zero-order chi connectivity index (χ0) is 45.8. The second-order valence-corrected chi connectivity index (χ2v) is 17.3. The third-order valence-corrected chi connectivity index (χ3v) is 12.5. The zero-order valence-corrected chi connectivity index (χ0v) is 36.9. The highest BCUT2D eigenvalue weighted by Gasteiger charge is 2.26. The number of nitrogens with two attached hydrogens (primary N) is 1. The van der Waals surface area contributed by atoms with Crippen molar-refractivity contribution in [2.75, 3.05) is 45.2 Å². The molecule has 1 aliphatic heterocycles. The van der Waals surface area contributed by atoms with E-state index in [-0.39, 0.29) is 46.8 Å². The first-order chi connectivity index (χ1) is 31.3. The number of carbonyl (C=O) groups excluding carboxylic acids is 3. The Morgan fingerprint density at radius 3 is 2.29 bits per heavy atom. The molecule has 1 aliphatic rings. The van der Waals surface area contributed by atoms with Crippen molar-refractivity contribution in [3.05, 3.63) is 159 Å². The first-order valence-electron chi connectivity index (χ1n) is 21.2. The quantitative estimate of drug-likeness (QED) is 0.0660. The molecule has 0 aliphatic carbocycles. The van der Waals surface area contributed by atoms with E-state index in [4.69, 9.17) is 10.5 Å². The smallest absolute Gasteiger partial charge is 0.254 e. The Hall–Kier alpha value is -7.20. The number of hydrogen-bond donors (Lipinski definition) is 6. The van der Waals surface area contributed by atoms with E-state index >= 15 is 0 Å². The summed E-state index contributed by atoms with van der Waals surface area (Å²) in [5.41, 5.74) is 11.5. The topological polar surface area (TPSA) is 203 Å². The van der Waals surface area contributed by atoms with E-state index in [1.165, 1.54) is 30.1 Å². The molecule has 7 aromatic rings. The SMILES string of the molecule is COc1cccc(Nc2c(C(N)=O)cnc3c(C)cc(Sc4cccc(C(=O)N5CCN(C(=O)c6cccc(CC(C)NCC(O)c7ccc(O)c8[nH]c(=O)ccc78)c6)CC5)c4)cc23)c1. The molecule has 2 aromatic heterocycles. The summed E-state index contributed by atoms with van der Waals surface area (Å²) in [5.74, 6) is -0.236. The molecule has 0 spiro atoms. The molecule has 1 saturated heterocycles. The van der Waals surface area contributed by atoms with Crippen LogP contribution in [-0.2, 0) is 6.42 Å². The molecule has 332 valence electrons. The Kier molecular flexibility index (Phi) is 13.2. The first kappa shape index (κ1) is 44.4. The van der Waals surface area contributed by atoms with Gasteiger partial charge in [0.15, 0.2) is 0 Å². The number of aliphatic hydroxyl groups is 1. The monoisotopic (exact) mass is 891 g/mol. The van der Waals surface area contributed by atoms with Gasteiger partial charge in [-0.2, -0.15) is 0 Å². The molecule has 15 heteroatoms. The number of benzene rings is 5. The van der Waals surface area contributed by atoms with Crippen LogP contribution in [0.3, 0.4) is 0 Å². The van der Waals surface area contributed by atoms with Gasteiger partial charge in [0, 0.05) is 94.5 Å². The second-order valence-electron chi connectivity index (χ2n) is 16.1. The molecule has 65 heavy (non-hydrogen) atoms. The molecule has 3 amide bonds. The van der Waals surface area contributed by atoms with Crippen molar-refractivity contribution in [3.63, 3.8) is 0 Å². The van der Waals surface area contributed by atoms with Gasteiger partial charge in [0.05, 0.1) is 35.5 Å². The number of nitrogens with one attached hydrogen (secondary N) is 3. The lowest BCUT2D eigenvalue weighted by Crippen LogP contribution is -2.50. The number of carbonyl (C=O) groups is 3. The highest BCUT2D eigenvalue weighted by molar-refractivity contribution is 7.99. The number of aromatic nitrogens is 2. The van der Waals surface area contributed by atoms with Gasteiger partial charge in [-0.1, -0.05) is 42.1 Å². The van der Waals surface area contributed by atoms with Crippen LogP contribution in [0, 0.1) is 6.92 Å². The van der Waals surface area contributed by atoms with E-state index in [0.29, 0.717) is 66.1 Å². The van der Waals surface area contributed by atoms with Crippen molar-refractivity contribution in [2.24, 2.45) is 5.73 Å². The van der Waals surface area contributed by atoms with Crippen LogP contribution in [0.1, 0.15) is 60.8 Å². The number of phenols is 1. The lowest BCUT2D eigenvalue weighted by atomic mass is 10.0. The minimum atomic E-state index is -0.894. The average molecular weight is 892 g/mol. The van der Waals surface area contributed by atoms with Crippen molar-refractivity contribution < 1.29 is 29.3 Å². The fraction of sp³-hybridized carbons (Fsp3) is 0.220. The predicted molar refractivity (Wildman–Crippen MR) is 252 cm³/mol. The van der Waals surface area contributed by atoms with Crippen LogP contribution in [0.2, 0.25) is 0 Å². The summed E-state index contributed by atoms with van der Waals surface area (Å²) < 4.78 is 5.40. The van der Waals surface area contributed by atoms with Crippen molar-refractivity contribution in [3.8, 4) is 11.5 Å². The number of rotatable bonds is 14. The van der Waals surface area contributed by atoms with E-state index in [1.54, 1.807) is 41.2 Å². The Balaban J connectivity index is 0.882. The summed E-state index contributed by atoms with van der Waals surface area (Å²) in [7, 11) is 1.59. The van der Waals surface area contributed by atoms with Crippen molar-refractivity contribution in [1.82, 2.24) is 25.1 Å². The molecule has 2 atom stereocenters. The fourth-order valence-electron chi connectivity index (χ4n) is 8.21. The molecular formula is C50H49N7O7S. The third kappa shape index (κ3) is 9.97. The number of aromatic amines is 1. The summed E-state index contributed by atoms with van der Waals surface area (Å²) in [6.07, 6.45) is 1.20. The van der Waals surface area contributed by atoms with E-state index in [1.807, 2.05) is 86.6 Å². The molecule has 3 heterocycles. The van der Waals surface area contributed by atoms with Gasteiger partial charge in [0.1, 0.15) is 11.5 Å². The molecule has 0 bridgehead atoms. The Bertz CT molecular complexity index is 3000. The number of hydrogen-bond acceptors (Lipinski definition) is 11. The number of aryl methyl sites for hydroxylation is 1. The number of nitrogens with zero attached hydrogens (tertiary/aromatic N) is 3. The van der Waals surface area contributed by atoms with Crippen molar-refractivity contribution in [1.29, 1.82) is 0 Å². The highest BCUT2D eigenvalue weighted by atomic mass is 32.2. The van der Waals surface area contributed by atoms with Crippen molar-refractivity contribution in [2.45, 2.75) is 42.2 Å². The van der Waals surface area contributed by atoms with Gasteiger partial charge in [0.25, 0.3) is 17.7 Å². The number of anilines is 2. The molecule has 0 saturated carbocycles. The summed E-state index contributed by atoms with van der Waals surface area (Å²) in [4.78, 5) is 64.5. The van der Waals surface area contributed by atoms with E-state index < -0.39 is 12.0 Å². The normalized spacial score (nSPS) is 13.7. The van der Waals surface area contributed by atoms with Crippen LogP contribution in [0.25, 0.3) is 21.8 Å². The minimum Gasteiger partial charge on any atom is -0.506 e. The van der Waals surface area contributed by atoms with Gasteiger partial charge in [0.2, 0.25) is 5.56 Å². The Morgan fingerprint density at radius 1 is 0.862 bits per heavy atom. The number of H-pyrrole nitrogens is 1. The van der Waals surface area contributed by atoms with Gasteiger partial charge in [-0.15, -0.1) is 0 Å². The van der Waals surface area contributed by atoms with Gasteiger partial charge in [-0.05, 0) is 104 Å². The number of ether oxygens (including phenoxy) is 1. The number of pyridine rings is 2. The number of aromatic hydroxyl groups is 1. The summed E-state index contributed by atoms with van der Waals surface area (Å²) in [6.45, 7) is 5.76. The van der Waals surface area contributed by atoms with Crippen LogP contribution in [0.15, 0.2) is 130 Å². The maximum Gasteiger partial charge on any atom is 0.254 e. The van der Waals surface area contributed by atoms with Gasteiger partial charge < -0.3 is 46.1 Å². The molecule has 14 nitrogen and oxygen atoms in total. The lowest BCUT2D eigenvalue weighted by molar-refractivity contribution is 0.0535. The maximum atomic E-state index is 13.9. The molecule has 5 aromatic carbocycles. The molecule has 8 rings (SSSR count). The van der Waals surface area contributed by atoms with Crippen LogP contribution in [-0.4, -0.2) is 93.6 Å². The highest BCUT2D eigenvalue weighted by Crippen LogP contribution is 2.37. The van der Waals surface area contributed by atoms with Crippen LogP contribution >= 0.6 is 11.8 Å². The summed E-state index contributed by atoms with van der Waals surface area (Å²) >= 11 is 1.49. The largest absolute Gasteiger partial charge is 0.506 e. The van der Waals surface area contributed by atoms with Crippen LogP contribution < -0.4 is 26.7 Å². The van der Waals surface area contributed by atoms with Gasteiger partial charge in [-0.3, -0.25) is 24.2 Å². The number of piperazine rings is 1. The first-order valence-corrected chi connectivity index (χ1v) is 22.0. The fourth-order valence-corrected chi connectivity index (χ4v) is 9.23. The standard InChI is InChI=1S/C50H49N7O7S/c1-29-21-37(26-40-45(29)53-27-41(48(51)61)46(40)54-34-10-6-11-35(25-34)64-3)65-36-12-5-9-33(24-36)50(63)57-19-17-56(18-20-57)49(62)32-8-4-7-31(23-32)22-30(2)52-28-43(59)38-13-15-42(58)47-39(38)14-16-44(60)55-47/h4-16,21,23-27,30,43,52,58-59H,17-20,22,28H2,1-3H3,(H2,51,61)(H,53,54)(H,55,60). The number of primary amides is 1. The predicted octanol–water partition coefficient (Wildman–Crippen LogP) is 6.95. The number of methoxy groups -OCH3 is 1. The molecule has 2 unspecified atom stereocenters. The van der Waals surface area contributed by atoms with E-state index in [2.05, 4.69) is 20.6 Å². The number of amides is 3. The van der Waals surface area contributed by atoms with Crippen molar-refractivity contribution >= 4 is 62.7 Å². The number of fused-ring (bicyclic) bond motifs is 2. The van der Waals surface area contributed by atoms with Crippen LogP contribution in [0.5, 0.6) is 11.5 Å². The minimum absolute atomic E-state index is 0.0457. The van der Waals surface area contributed by atoms with E-state index in [0.717, 1.165) is 37.5 Å². The molecular weight excluding hydrogens is 843 g/mol. The summed E-state index contributed by atoms with van der Waals surface area (Å²) in [5, 5.41) is 29.3. The van der Waals surface area contributed by atoms with Gasteiger partial charge >= 0.3 is 0 Å². The van der Waals surface area contributed by atoms with Gasteiger partial charge in [-0.25, -0.2) is 0 Å². The molecule has 1 fully saturated rings. The Morgan fingerprint density at radius 2 is 1.57 bits per heavy atom. The van der Waals surface area contributed by atoms with E-state index in [9.17, 15) is 29.4 Å². The lowest BCUT2D eigenvalue weighted by Gasteiger charge is -2.35. The third-order valence-electron chi connectivity index (χ3n) is 11.6. The number of phenolic OH excluding ortho intramolecular Hbond substituents is 1. The Labute approximate surface area is 379 Å².